The van der Waals surface area contributed by atoms with Gasteiger partial charge in [-0.15, -0.1) is 11.3 Å². The molecule has 0 radical (unpaired) electrons. The fraction of sp³-hybridized carbons (Fsp3) is 0.357. The van der Waals surface area contributed by atoms with Crippen LogP contribution in [0.2, 0.25) is 0 Å². The van der Waals surface area contributed by atoms with Crippen molar-refractivity contribution in [2.24, 2.45) is 0 Å². The van der Waals surface area contributed by atoms with Gasteiger partial charge in [0.25, 0.3) is 0 Å². The number of hydrogen-bond acceptors (Lipinski definition) is 4. The summed E-state index contributed by atoms with van der Waals surface area (Å²) >= 11 is 1.64. The van der Waals surface area contributed by atoms with E-state index in [0.717, 1.165) is 22.9 Å². The van der Waals surface area contributed by atoms with Crippen molar-refractivity contribution in [3.63, 3.8) is 0 Å². The zero-order chi connectivity index (χ0) is 13.0. The number of methoxy groups -OCH3 is 1. The van der Waals surface area contributed by atoms with Gasteiger partial charge in [0.15, 0.2) is 0 Å². The van der Waals surface area contributed by atoms with Gasteiger partial charge in [-0.25, -0.2) is 4.98 Å². The normalized spacial score (nSPS) is 12.4. The number of aromatic nitrogens is 1. The van der Waals surface area contributed by atoms with E-state index in [9.17, 15) is 5.11 Å². The maximum Gasteiger partial charge on any atom is 0.118 e. The molecule has 1 N–H and O–H groups in total. The molecule has 3 nitrogen and oxygen atoms in total. The van der Waals surface area contributed by atoms with Crippen LogP contribution in [0, 0.1) is 0 Å². The number of thiazole rings is 1. The first-order valence-electron chi connectivity index (χ1n) is 5.91. The van der Waals surface area contributed by atoms with Crippen LogP contribution in [0.4, 0.5) is 0 Å². The summed E-state index contributed by atoms with van der Waals surface area (Å²) in [5, 5.41) is 12.4. The van der Waals surface area contributed by atoms with Crippen LogP contribution in [0.3, 0.4) is 0 Å². The first-order chi connectivity index (χ1) is 8.67. The second kappa shape index (κ2) is 5.98. The fourth-order valence-corrected chi connectivity index (χ4v) is 2.59. The lowest BCUT2D eigenvalue weighted by Crippen LogP contribution is -2.04. The number of aliphatic hydroxyl groups is 1. The predicted octanol–water partition coefficient (Wildman–Crippen LogP) is 2.67. The van der Waals surface area contributed by atoms with E-state index in [1.165, 1.54) is 5.56 Å². The Bertz CT molecular complexity index is 491. The van der Waals surface area contributed by atoms with Crippen molar-refractivity contribution < 1.29 is 9.84 Å². The van der Waals surface area contributed by atoms with E-state index >= 15 is 0 Å². The number of ether oxygens (including phenoxy) is 1. The van der Waals surface area contributed by atoms with E-state index < -0.39 is 0 Å². The first-order valence-corrected chi connectivity index (χ1v) is 6.79. The minimum absolute atomic E-state index is 0.332. The molecule has 2 rings (SSSR count). The van der Waals surface area contributed by atoms with Crippen LogP contribution >= 0.6 is 11.3 Å². The molecule has 1 atom stereocenters. The minimum Gasteiger partial charge on any atom is -0.497 e. The van der Waals surface area contributed by atoms with Crippen molar-refractivity contribution in [1.29, 1.82) is 0 Å². The van der Waals surface area contributed by atoms with Gasteiger partial charge in [0, 0.05) is 18.2 Å². The van der Waals surface area contributed by atoms with Crippen molar-refractivity contribution >= 4 is 11.3 Å². The van der Waals surface area contributed by atoms with Gasteiger partial charge < -0.3 is 9.84 Å². The molecule has 0 saturated carbocycles. The summed E-state index contributed by atoms with van der Waals surface area (Å²) in [4.78, 5) is 4.52. The average Bonchev–Trinajstić information content (AvgIpc) is 2.76. The van der Waals surface area contributed by atoms with Gasteiger partial charge in [0.05, 0.1) is 23.9 Å². The van der Waals surface area contributed by atoms with Gasteiger partial charge in [0.2, 0.25) is 0 Å². The van der Waals surface area contributed by atoms with Gasteiger partial charge in [-0.05, 0) is 24.6 Å². The molecule has 1 heterocycles. The molecule has 2 aromatic rings. The molecule has 4 heteroatoms. The van der Waals surface area contributed by atoms with Crippen LogP contribution in [-0.2, 0) is 12.8 Å². The topological polar surface area (TPSA) is 42.4 Å². The van der Waals surface area contributed by atoms with E-state index in [2.05, 4.69) is 17.1 Å². The molecule has 0 bridgehead atoms. The maximum atomic E-state index is 9.31. The lowest BCUT2D eigenvalue weighted by molar-refractivity contribution is 0.194. The molecule has 1 aromatic heterocycles. The zero-order valence-electron chi connectivity index (χ0n) is 10.6. The molecule has 1 aromatic carbocycles. The molecule has 0 spiro atoms. The van der Waals surface area contributed by atoms with Crippen LogP contribution < -0.4 is 4.74 Å². The van der Waals surface area contributed by atoms with Crippen LogP contribution in [0.25, 0.3) is 0 Å². The second-order valence-electron chi connectivity index (χ2n) is 4.31. The summed E-state index contributed by atoms with van der Waals surface area (Å²) in [6.45, 7) is 1.78. The third-order valence-electron chi connectivity index (χ3n) is 2.62. The lowest BCUT2D eigenvalue weighted by atomic mass is 10.1. The van der Waals surface area contributed by atoms with Gasteiger partial charge >= 0.3 is 0 Å². The van der Waals surface area contributed by atoms with Gasteiger partial charge in [0.1, 0.15) is 5.75 Å². The molecule has 0 aliphatic carbocycles. The Hall–Kier alpha value is -1.39. The maximum absolute atomic E-state index is 9.31. The fourth-order valence-electron chi connectivity index (χ4n) is 1.74. The van der Waals surface area contributed by atoms with Crippen molar-refractivity contribution in [1.82, 2.24) is 4.98 Å². The molecular weight excluding hydrogens is 246 g/mol. The second-order valence-corrected chi connectivity index (χ2v) is 5.25. The van der Waals surface area contributed by atoms with Crippen molar-refractivity contribution in [3.05, 3.63) is 45.9 Å². The summed E-state index contributed by atoms with van der Waals surface area (Å²) in [7, 11) is 1.66. The average molecular weight is 263 g/mol. The number of aliphatic hydroxyl groups excluding tert-OH is 1. The summed E-state index contributed by atoms with van der Waals surface area (Å²) in [6.07, 6.45) is 1.12. The quantitative estimate of drug-likeness (QED) is 0.901. The smallest absolute Gasteiger partial charge is 0.118 e. The molecule has 0 amide bonds. The Morgan fingerprint density at radius 1 is 1.33 bits per heavy atom. The third-order valence-corrected chi connectivity index (χ3v) is 3.52. The standard InChI is InChI=1S/C14H17NO2S/c1-10(16)7-12-9-18-14(15-12)8-11-3-5-13(17-2)6-4-11/h3-6,9-10,16H,7-8H2,1-2H3. The Labute approximate surface area is 111 Å². The third kappa shape index (κ3) is 3.55. The molecule has 0 saturated heterocycles. The monoisotopic (exact) mass is 263 g/mol. The van der Waals surface area contributed by atoms with Gasteiger partial charge in [-0.2, -0.15) is 0 Å². The van der Waals surface area contributed by atoms with Crippen LogP contribution in [-0.4, -0.2) is 23.3 Å². The lowest BCUT2D eigenvalue weighted by Gasteiger charge is -2.01. The SMILES string of the molecule is COc1ccc(Cc2nc(CC(C)O)cs2)cc1. The summed E-state index contributed by atoms with van der Waals surface area (Å²) < 4.78 is 5.13. The van der Waals surface area contributed by atoms with Gasteiger partial charge in [-0.3, -0.25) is 0 Å². The number of benzene rings is 1. The molecular formula is C14H17NO2S. The Morgan fingerprint density at radius 3 is 2.67 bits per heavy atom. The van der Waals surface area contributed by atoms with Gasteiger partial charge in [-0.1, -0.05) is 12.1 Å². The van der Waals surface area contributed by atoms with Crippen LogP contribution in [0.15, 0.2) is 29.6 Å². The highest BCUT2D eigenvalue weighted by Crippen LogP contribution is 2.18. The Morgan fingerprint density at radius 2 is 2.06 bits per heavy atom. The summed E-state index contributed by atoms with van der Waals surface area (Å²) in [6, 6.07) is 8.02. The molecule has 96 valence electrons. The number of nitrogens with zero attached hydrogens (tertiary/aromatic N) is 1. The summed E-state index contributed by atoms with van der Waals surface area (Å²) in [5.41, 5.74) is 2.19. The highest BCUT2D eigenvalue weighted by molar-refractivity contribution is 7.09. The van der Waals surface area contributed by atoms with Crippen molar-refractivity contribution in [2.45, 2.75) is 25.9 Å². The molecule has 18 heavy (non-hydrogen) atoms. The molecule has 0 aliphatic rings. The van der Waals surface area contributed by atoms with E-state index in [0.29, 0.717) is 6.42 Å². The van der Waals surface area contributed by atoms with Crippen LogP contribution in [0.1, 0.15) is 23.2 Å². The molecule has 0 aliphatic heterocycles. The number of rotatable bonds is 5. The largest absolute Gasteiger partial charge is 0.497 e. The van der Waals surface area contributed by atoms with Crippen molar-refractivity contribution in [2.75, 3.05) is 7.11 Å². The van der Waals surface area contributed by atoms with E-state index in [4.69, 9.17) is 4.74 Å². The predicted molar refractivity (Wildman–Crippen MR) is 73.3 cm³/mol. The molecule has 1 unspecified atom stereocenters. The van der Waals surface area contributed by atoms with E-state index in [1.54, 1.807) is 25.4 Å². The first kappa shape index (κ1) is 13.1. The highest BCUT2D eigenvalue weighted by Gasteiger charge is 2.06. The Kier molecular flexibility index (Phi) is 4.33. The Balaban J connectivity index is 2.01. The molecule has 0 fully saturated rings. The summed E-state index contributed by atoms with van der Waals surface area (Å²) in [5.74, 6) is 0.868. The number of hydrogen-bond donors (Lipinski definition) is 1. The van der Waals surface area contributed by atoms with Crippen LogP contribution in [0.5, 0.6) is 5.75 Å². The highest BCUT2D eigenvalue weighted by atomic mass is 32.1. The van der Waals surface area contributed by atoms with E-state index in [1.807, 2.05) is 17.5 Å². The zero-order valence-corrected chi connectivity index (χ0v) is 11.4. The minimum atomic E-state index is -0.332. The van der Waals surface area contributed by atoms with Crippen molar-refractivity contribution in [3.8, 4) is 5.75 Å². The van der Waals surface area contributed by atoms with E-state index in [-0.39, 0.29) is 6.10 Å².